The molecule has 1 atom stereocenters. The maximum absolute atomic E-state index is 2.49. The largest absolute Gasteiger partial charge is 0.132 e. The topological polar surface area (TPSA) is 0 Å². The summed E-state index contributed by atoms with van der Waals surface area (Å²) in [4.78, 5) is 0. The van der Waals surface area contributed by atoms with E-state index in [1.165, 1.54) is 26.3 Å². The Morgan fingerprint density at radius 1 is 0.533 bits per heavy atom. The molecule has 4 aromatic carbocycles. The summed E-state index contributed by atoms with van der Waals surface area (Å²) < 4.78 is 0. The molecule has 0 N–H and O–H groups in total. The molecule has 0 aliphatic heterocycles. The molecule has 0 heterocycles. The van der Waals surface area contributed by atoms with Gasteiger partial charge >= 0.3 is 0 Å². The van der Waals surface area contributed by atoms with E-state index in [2.05, 4.69) is 135 Å². The van der Waals surface area contributed by atoms with Crippen LogP contribution in [-0.4, -0.2) is 16.9 Å². The van der Waals surface area contributed by atoms with Crippen LogP contribution in [0.2, 0.25) is 13.1 Å². The van der Waals surface area contributed by atoms with Crippen LogP contribution in [-0.2, 0) is 0 Å². The van der Waals surface area contributed by atoms with Crippen molar-refractivity contribution in [2.24, 2.45) is 0 Å². The second-order valence-electron chi connectivity index (χ2n) is 8.73. The van der Waals surface area contributed by atoms with Crippen molar-refractivity contribution >= 4 is 37.6 Å². The number of rotatable bonds is 6. The van der Waals surface area contributed by atoms with Crippen molar-refractivity contribution < 1.29 is 0 Å². The third-order valence-electron chi connectivity index (χ3n) is 6.64. The fraction of sp³-hybridized carbons (Fsp3) is 0.143. The minimum atomic E-state index is -1.58. The van der Waals surface area contributed by atoms with Gasteiger partial charge in [0, 0.05) is 0 Å². The summed E-state index contributed by atoms with van der Waals surface area (Å²) in [6, 6.07) is 42.8. The fourth-order valence-corrected chi connectivity index (χ4v) is 9.90. The van der Waals surface area contributed by atoms with Crippen LogP contribution in [0.1, 0.15) is 18.0 Å². The van der Waals surface area contributed by atoms with Gasteiger partial charge in [-0.3, -0.25) is 0 Å². The normalized spacial score (nSPS) is 12.7. The molecule has 0 radical (unpaired) electrons. The smallest absolute Gasteiger partial charge is 0.0650 e. The monoisotopic (exact) mass is 422 g/mol. The molecule has 4 rings (SSSR count). The lowest BCUT2D eigenvalue weighted by Crippen LogP contribution is -2.52. The van der Waals surface area contributed by atoms with Gasteiger partial charge in [-0.2, -0.15) is 0 Å². The minimum absolute atomic E-state index is 0.572. The van der Waals surface area contributed by atoms with E-state index in [4.69, 9.17) is 0 Å². The Morgan fingerprint density at radius 3 is 1.40 bits per heavy atom. The third kappa shape index (κ3) is 4.25. The Kier molecular flexibility index (Phi) is 6.17. The predicted molar refractivity (Wildman–Crippen MR) is 137 cm³/mol. The van der Waals surface area contributed by atoms with E-state index in [0.717, 1.165) is 0 Å². The van der Waals surface area contributed by atoms with Crippen LogP contribution in [0.5, 0.6) is 0 Å². The Morgan fingerprint density at radius 2 is 0.933 bits per heavy atom. The first kappa shape index (κ1) is 20.6. The van der Waals surface area contributed by atoms with Gasteiger partial charge in [0.2, 0.25) is 0 Å². The summed E-state index contributed by atoms with van der Waals surface area (Å²) in [6.45, 7) is 7.40. The molecule has 30 heavy (non-hydrogen) atoms. The first-order chi connectivity index (χ1) is 14.6. The van der Waals surface area contributed by atoms with Crippen LogP contribution in [0, 0.1) is 0 Å². The van der Waals surface area contributed by atoms with E-state index in [1.807, 2.05) is 0 Å². The average Bonchev–Trinajstić information content (AvgIpc) is 2.81. The quantitative estimate of drug-likeness (QED) is 0.323. The molecule has 0 fully saturated rings. The molecule has 0 saturated carbocycles. The molecular weight excluding hydrogens is 392 g/mol. The summed E-state index contributed by atoms with van der Waals surface area (Å²) in [5.74, 6) is 0. The second-order valence-corrected chi connectivity index (χ2v) is 16.5. The van der Waals surface area contributed by atoms with Crippen molar-refractivity contribution in [3.8, 4) is 0 Å². The summed E-state index contributed by atoms with van der Waals surface area (Å²) in [5, 5.41) is 5.97. The van der Waals surface area contributed by atoms with Crippen LogP contribution < -0.4 is 20.7 Å². The highest BCUT2D eigenvalue weighted by Crippen LogP contribution is 2.26. The van der Waals surface area contributed by atoms with Crippen LogP contribution >= 0.6 is 0 Å². The Hall–Kier alpha value is -2.69. The van der Waals surface area contributed by atoms with Crippen molar-refractivity contribution in [2.75, 3.05) is 0 Å². The molecule has 4 aromatic rings. The van der Waals surface area contributed by atoms with Gasteiger partial charge in [-0.25, -0.2) is 0 Å². The summed E-state index contributed by atoms with van der Waals surface area (Å²) in [5.41, 5.74) is 2.04. The van der Waals surface area contributed by atoms with Gasteiger partial charge in [0.1, 0.15) is 8.80 Å². The van der Waals surface area contributed by atoms with Crippen molar-refractivity contribution in [2.45, 2.75) is 25.6 Å². The maximum Gasteiger partial charge on any atom is 0.132 e. The maximum atomic E-state index is 2.49. The van der Waals surface area contributed by atoms with Crippen molar-refractivity contribution in [3.05, 3.63) is 121 Å². The zero-order chi connectivity index (χ0) is 21.0. The molecule has 0 saturated heterocycles. The summed E-state index contributed by atoms with van der Waals surface area (Å²) in [7, 11) is -3.04. The van der Waals surface area contributed by atoms with Gasteiger partial charge in [0.15, 0.2) is 0 Å². The number of benzene rings is 4. The van der Waals surface area contributed by atoms with E-state index in [9.17, 15) is 0 Å². The molecule has 1 unspecified atom stereocenters. The highest BCUT2D eigenvalue weighted by Gasteiger charge is 2.31. The molecule has 0 nitrogen and oxygen atoms in total. The lowest BCUT2D eigenvalue weighted by molar-refractivity contribution is 1.03. The van der Waals surface area contributed by atoms with Gasteiger partial charge in [0.05, 0.1) is 8.07 Å². The zero-order valence-corrected chi connectivity index (χ0v) is 20.3. The molecule has 0 spiro atoms. The summed E-state index contributed by atoms with van der Waals surface area (Å²) >= 11 is 0. The zero-order valence-electron chi connectivity index (χ0n) is 18.1. The van der Waals surface area contributed by atoms with Crippen molar-refractivity contribution in [1.29, 1.82) is 0 Å². The first-order valence-corrected chi connectivity index (χ1v) is 15.6. The average molecular weight is 423 g/mol. The molecule has 0 aliphatic carbocycles. The third-order valence-corrected chi connectivity index (χ3v) is 14.1. The number of hydrogen-bond acceptors (Lipinski definition) is 0. The highest BCUT2D eigenvalue weighted by molar-refractivity contribution is 6.95. The molecule has 2 heteroatoms. The molecule has 0 amide bonds. The predicted octanol–water partition coefficient (Wildman–Crippen LogP) is 4.19. The van der Waals surface area contributed by atoms with Gasteiger partial charge in [-0.15, -0.1) is 0 Å². The van der Waals surface area contributed by atoms with E-state index in [1.54, 1.807) is 0 Å². The first-order valence-electron chi connectivity index (χ1n) is 10.8. The fourth-order valence-electron chi connectivity index (χ4n) is 4.38. The second kappa shape index (κ2) is 8.99. The lowest BCUT2D eigenvalue weighted by atomic mass is 10.2. The number of hydrogen-bond donors (Lipinski definition) is 0. The van der Waals surface area contributed by atoms with Crippen LogP contribution in [0.25, 0.3) is 0 Å². The van der Waals surface area contributed by atoms with Crippen molar-refractivity contribution in [1.82, 2.24) is 0 Å². The Labute approximate surface area is 183 Å². The summed E-state index contributed by atoms with van der Waals surface area (Å²) in [6.07, 6.45) is 0. The highest BCUT2D eigenvalue weighted by atomic mass is 28.3. The molecule has 150 valence electrons. The SMILES string of the molecule is CC(c1ccc([SiH](c2ccccc2)c2ccccc2)cc1)[Si](C)(C)c1ccccc1. The lowest BCUT2D eigenvalue weighted by Gasteiger charge is -2.31. The van der Waals surface area contributed by atoms with Gasteiger partial charge in [-0.05, 0) is 11.1 Å². The van der Waals surface area contributed by atoms with Gasteiger partial charge in [-0.1, -0.05) is 156 Å². The van der Waals surface area contributed by atoms with Crippen LogP contribution in [0.3, 0.4) is 0 Å². The van der Waals surface area contributed by atoms with E-state index < -0.39 is 16.9 Å². The van der Waals surface area contributed by atoms with Gasteiger partial charge < -0.3 is 0 Å². The van der Waals surface area contributed by atoms with Crippen LogP contribution in [0.4, 0.5) is 0 Å². The Balaban J connectivity index is 1.67. The standard InChI is InChI=1S/C28H30Si2/c1-23(30(2,3)28-17-11-6-12-18-28)24-19-21-27(22-20-24)29(25-13-7-4-8-14-25)26-15-9-5-10-16-26/h4-23,29H,1-3H3. The van der Waals surface area contributed by atoms with Crippen LogP contribution in [0.15, 0.2) is 115 Å². The van der Waals surface area contributed by atoms with E-state index >= 15 is 0 Å². The van der Waals surface area contributed by atoms with Gasteiger partial charge in [0.25, 0.3) is 0 Å². The van der Waals surface area contributed by atoms with E-state index in [-0.39, 0.29) is 0 Å². The molecular formula is C28H30Si2. The Bertz CT molecular complexity index is 1020. The van der Waals surface area contributed by atoms with Crippen molar-refractivity contribution in [3.63, 3.8) is 0 Å². The molecule has 0 aromatic heterocycles. The molecule has 0 bridgehead atoms. The molecule has 0 aliphatic rings. The minimum Gasteiger partial charge on any atom is -0.0650 e. The van der Waals surface area contributed by atoms with E-state index in [0.29, 0.717) is 5.54 Å².